The molecule has 4 heteroatoms. The molecule has 0 bridgehead atoms. The lowest BCUT2D eigenvalue weighted by Crippen LogP contribution is -2.28. The second-order valence-corrected chi connectivity index (χ2v) is 5.46. The van der Waals surface area contributed by atoms with Gasteiger partial charge in [0.15, 0.2) is 0 Å². The zero-order valence-electron chi connectivity index (χ0n) is 11.8. The molecular formula is C15H22N2O2. The molecule has 104 valence electrons. The standard InChI is InChI=1S/C15H22N2O2/c1-10(2)11-4-5-14(19-3)12(6-11)8-17-9-13(16)7-15(17)18/h4-6,10,13H,7-9,16H2,1-3H3. The summed E-state index contributed by atoms with van der Waals surface area (Å²) < 4.78 is 5.38. The molecule has 2 rings (SSSR count). The summed E-state index contributed by atoms with van der Waals surface area (Å²) in [6.45, 7) is 5.52. The fourth-order valence-corrected chi connectivity index (χ4v) is 2.44. The van der Waals surface area contributed by atoms with Gasteiger partial charge in [-0.3, -0.25) is 4.79 Å². The van der Waals surface area contributed by atoms with Crippen molar-refractivity contribution < 1.29 is 9.53 Å². The van der Waals surface area contributed by atoms with Crippen molar-refractivity contribution in [2.75, 3.05) is 13.7 Å². The molecule has 0 saturated carbocycles. The van der Waals surface area contributed by atoms with Gasteiger partial charge in [0.25, 0.3) is 0 Å². The van der Waals surface area contributed by atoms with Crippen LogP contribution < -0.4 is 10.5 Å². The van der Waals surface area contributed by atoms with Gasteiger partial charge in [0, 0.05) is 31.1 Å². The first kappa shape index (κ1) is 13.9. The Morgan fingerprint density at radius 3 is 2.74 bits per heavy atom. The van der Waals surface area contributed by atoms with E-state index in [0.717, 1.165) is 11.3 Å². The highest BCUT2D eigenvalue weighted by Crippen LogP contribution is 2.26. The highest BCUT2D eigenvalue weighted by molar-refractivity contribution is 5.79. The van der Waals surface area contributed by atoms with E-state index in [-0.39, 0.29) is 11.9 Å². The quantitative estimate of drug-likeness (QED) is 0.901. The molecule has 1 fully saturated rings. The number of carbonyl (C=O) groups is 1. The minimum absolute atomic E-state index is 0.0354. The molecule has 0 aromatic heterocycles. The van der Waals surface area contributed by atoms with Crippen molar-refractivity contribution in [3.8, 4) is 5.75 Å². The molecule has 0 radical (unpaired) electrons. The molecule has 1 atom stereocenters. The van der Waals surface area contributed by atoms with Gasteiger partial charge in [-0.25, -0.2) is 0 Å². The maximum Gasteiger partial charge on any atom is 0.224 e. The Morgan fingerprint density at radius 1 is 1.47 bits per heavy atom. The van der Waals surface area contributed by atoms with E-state index in [1.807, 2.05) is 11.0 Å². The minimum Gasteiger partial charge on any atom is -0.496 e. The first-order valence-electron chi connectivity index (χ1n) is 6.71. The highest BCUT2D eigenvalue weighted by atomic mass is 16.5. The van der Waals surface area contributed by atoms with Crippen LogP contribution in [0.15, 0.2) is 18.2 Å². The van der Waals surface area contributed by atoms with Gasteiger partial charge in [0.2, 0.25) is 5.91 Å². The predicted octanol–water partition coefficient (Wildman–Crippen LogP) is 1.88. The van der Waals surface area contributed by atoms with Gasteiger partial charge in [-0.05, 0) is 17.5 Å². The summed E-state index contributed by atoms with van der Waals surface area (Å²) in [4.78, 5) is 13.6. The molecule has 1 aliphatic heterocycles. The molecule has 1 aliphatic rings. The Labute approximate surface area is 114 Å². The maximum atomic E-state index is 11.8. The van der Waals surface area contributed by atoms with Gasteiger partial charge >= 0.3 is 0 Å². The first-order valence-corrected chi connectivity index (χ1v) is 6.71. The number of benzene rings is 1. The zero-order chi connectivity index (χ0) is 14.0. The number of hydrogen-bond acceptors (Lipinski definition) is 3. The minimum atomic E-state index is -0.0354. The van der Waals surface area contributed by atoms with Crippen molar-refractivity contribution in [1.29, 1.82) is 0 Å². The Morgan fingerprint density at radius 2 is 2.21 bits per heavy atom. The van der Waals surface area contributed by atoms with Gasteiger partial charge in [-0.15, -0.1) is 0 Å². The lowest BCUT2D eigenvalue weighted by molar-refractivity contribution is -0.128. The Hall–Kier alpha value is -1.55. The van der Waals surface area contributed by atoms with Crippen molar-refractivity contribution in [1.82, 2.24) is 4.90 Å². The predicted molar refractivity (Wildman–Crippen MR) is 75.1 cm³/mol. The molecule has 1 unspecified atom stereocenters. The largest absolute Gasteiger partial charge is 0.496 e. The molecular weight excluding hydrogens is 240 g/mol. The molecule has 1 aromatic carbocycles. The van der Waals surface area contributed by atoms with Crippen LogP contribution in [0.5, 0.6) is 5.75 Å². The van der Waals surface area contributed by atoms with Crippen molar-refractivity contribution in [2.45, 2.75) is 38.8 Å². The number of amides is 1. The Bertz CT molecular complexity index is 471. The van der Waals surface area contributed by atoms with E-state index in [0.29, 0.717) is 25.4 Å². The number of rotatable bonds is 4. The number of hydrogen-bond donors (Lipinski definition) is 1. The van der Waals surface area contributed by atoms with E-state index < -0.39 is 0 Å². The van der Waals surface area contributed by atoms with Crippen LogP contribution in [0.25, 0.3) is 0 Å². The SMILES string of the molecule is COc1ccc(C(C)C)cc1CN1CC(N)CC1=O. The lowest BCUT2D eigenvalue weighted by Gasteiger charge is -2.19. The van der Waals surface area contributed by atoms with Crippen LogP contribution in [0.4, 0.5) is 0 Å². The van der Waals surface area contributed by atoms with Crippen molar-refractivity contribution in [2.24, 2.45) is 5.73 Å². The van der Waals surface area contributed by atoms with Crippen LogP contribution in [0.2, 0.25) is 0 Å². The molecule has 0 spiro atoms. The smallest absolute Gasteiger partial charge is 0.224 e. The molecule has 1 heterocycles. The van der Waals surface area contributed by atoms with Gasteiger partial charge in [0.05, 0.1) is 7.11 Å². The van der Waals surface area contributed by atoms with E-state index in [9.17, 15) is 4.79 Å². The van der Waals surface area contributed by atoms with E-state index in [2.05, 4.69) is 26.0 Å². The molecule has 4 nitrogen and oxygen atoms in total. The average Bonchev–Trinajstić information content (AvgIpc) is 2.67. The molecule has 1 amide bonds. The van der Waals surface area contributed by atoms with Crippen molar-refractivity contribution in [3.05, 3.63) is 29.3 Å². The fourth-order valence-electron chi connectivity index (χ4n) is 2.44. The summed E-state index contributed by atoms with van der Waals surface area (Å²) >= 11 is 0. The summed E-state index contributed by atoms with van der Waals surface area (Å²) in [5, 5.41) is 0. The van der Waals surface area contributed by atoms with Crippen molar-refractivity contribution in [3.63, 3.8) is 0 Å². The molecule has 1 aromatic rings. The normalized spacial score (nSPS) is 19.3. The first-order chi connectivity index (χ1) is 9.01. The van der Waals surface area contributed by atoms with Crippen LogP contribution in [-0.2, 0) is 11.3 Å². The van der Waals surface area contributed by atoms with Crippen LogP contribution >= 0.6 is 0 Å². The summed E-state index contributed by atoms with van der Waals surface area (Å²) in [6, 6.07) is 6.14. The molecule has 2 N–H and O–H groups in total. The van der Waals surface area contributed by atoms with Gasteiger partial charge in [-0.1, -0.05) is 26.0 Å². The third-order valence-corrected chi connectivity index (χ3v) is 3.58. The number of ether oxygens (including phenoxy) is 1. The summed E-state index contributed by atoms with van der Waals surface area (Å²) in [5.74, 6) is 1.42. The number of methoxy groups -OCH3 is 1. The number of carbonyl (C=O) groups excluding carboxylic acids is 1. The average molecular weight is 262 g/mol. The van der Waals surface area contributed by atoms with E-state index in [4.69, 9.17) is 10.5 Å². The third-order valence-electron chi connectivity index (χ3n) is 3.58. The highest BCUT2D eigenvalue weighted by Gasteiger charge is 2.27. The van der Waals surface area contributed by atoms with Gasteiger partial charge in [0.1, 0.15) is 5.75 Å². The Kier molecular flexibility index (Phi) is 4.10. The van der Waals surface area contributed by atoms with Crippen LogP contribution in [0.1, 0.15) is 37.3 Å². The maximum absolute atomic E-state index is 11.8. The summed E-state index contributed by atoms with van der Waals surface area (Å²) in [5.41, 5.74) is 8.13. The lowest BCUT2D eigenvalue weighted by atomic mass is 10.00. The topological polar surface area (TPSA) is 55.6 Å². The van der Waals surface area contributed by atoms with Crippen molar-refractivity contribution >= 4 is 5.91 Å². The van der Waals surface area contributed by atoms with E-state index >= 15 is 0 Å². The number of nitrogens with zero attached hydrogens (tertiary/aromatic N) is 1. The number of likely N-dealkylation sites (tertiary alicyclic amines) is 1. The molecule has 1 saturated heterocycles. The summed E-state index contributed by atoms with van der Waals surface area (Å²) in [7, 11) is 1.66. The summed E-state index contributed by atoms with van der Waals surface area (Å²) in [6.07, 6.45) is 0.451. The second kappa shape index (κ2) is 5.61. The van der Waals surface area contributed by atoms with Crippen LogP contribution in [0.3, 0.4) is 0 Å². The monoisotopic (exact) mass is 262 g/mol. The van der Waals surface area contributed by atoms with Gasteiger partial charge in [-0.2, -0.15) is 0 Å². The van der Waals surface area contributed by atoms with E-state index in [1.165, 1.54) is 5.56 Å². The van der Waals surface area contributed by atoms with Crippen LogP contribution in [0, 0.1) is 0 Å². The van der Waals surface area contributed by atoms with E-state index in [1.54, 1.807) is 7.11 Å². The van der Waals surface area contributed by atoms with Crippen LogP contribution in [-0.4, -0.2) is 30.5 Å². The third kappa shape index (κ3) is 3.07. The molecule has 0 aliphatic carbocycles. The molecule has 19 heavy (non-hydrogen) atoms. The number of nitrogens with two attached hydrogens (primary N) is 1. The zero-order valence-corrected chi connectivity index (χ0v) is 11.8. The second-order valence-electron chi connectivity index (χ2n) is 5.46. The Balaban J connectivity index is 2.22. The van der Waals surface area contributed by atoms with Gasteiger partial charge < -0.3 is 15.4 Å². The fraction of sp³-hybridized carbons (Fsp3) is 0.533.